The second-order valence-electron chi connectivity index (χ2n) is 10.2. The zero-order valence-corrected chi connectivity index (χ0v) is 21.5. The van der Waals surface area contributed by atoms with Crippen molar-refractivity contribution in [2.45, 2.75) is 71.7 Å². The van der Waals surface area contributed by atoms with Crippen LogP contribution in [0.15, 0.2) is 24.3 Å². The maximum atomic E-state index is 13.9. The molecule has 194 valence electrons. The van der Waals surface area contributed by atoms with E-state index >= 15 is 0 Å². The molecule has 0 spiro atoms. The fraction of sp³-hybridized carbons (Fsp3) is 0.600. The van der Waals surface area contributed by atoms with E-state index in [9.17, 15) is 24.3 Å². The number of aromatic hydroxyl groups is 1. The molecule has 1 aromatic rings. The average Bonchev–Trinajstić information content (AvgIpc) is 3.48. The molecular formula is C25H37N3O7. The maximum Gasteiger partial charge on any atom is 0.408 e. The summed E-state index contributed by atoms with van der Waals surface area (Å²) >= 11 is 0. The quantitative estimate of drug-likeness (QED) is 0.452. The Balaban J connectivity index is 2.45. The van der Waals surface area contributed by atoms with Crippen LogP contribution in [0.1, 0.15) is 59.6 Å². The van der Waals surface area contributed by atoms with E-state index in [1.165, 1.54) is 24.1 Å². The molecule has 0 aliphatic heterocycles. The van der Waals surface area contributed by atoms with E-state index in [0.717, 1.165) is 0 Å². The van der Waals surface area contributed by atoms with Crippen molar-refractivity contribution in [2.75, 3.05) is 13.7 Å². The number of carbonyl (C=O) groups excluding carboxylic acids is 4. The number of methoxy groups -OCH3 is 1. The molecule has 3 amide bonds. The number of benzene rings is 1. The summed E-state index contributed by atoms with van der Waals surface area (Å²) in [6.45, 7) is 10.4. The summed E-state index contributed by atoms with van der Waals surface area (Å²) in [5.41, 5.74) is -0.292. The van der Waals surface area contributed by atoms with Crippen LogP contribution in [0.2, 0.25) is 0 Å². The average molecular weight is 492 g/mol. The Bertz CT molecular complexity index is 924. The molecule has 0 bridgehead atoms. The Labute approximate surface area is 206 Å². The van der Waals surface area contributed by atoms with E-state index in [1.807, 2.05) is 6.92 Å². The molecule has 1 aromatic carbocycles. The third-order valence-electron chi connectivity index (χ3n) is 5.65. The van der Waals surface area contributed by atoms with Gasteiger partial charge in [-0.2, -0.15) is 0 Å². The minimum absolute atomic E-state index is 0.00628. The highest BCUT2D eigenvalue weighted by molar-refractivity contribution is 5.93. The van der Waals surface area contributed by atoms with Gasteiger partial charge in [-0.05, 0) is 56.7 Å². The number of alkyl carbamates (subject to hydrolysis) is 1. The molecule has 1 fully saturated rings. The molecule has 1 saturated carbocycles. The van der Waals surface area contributed by atoms with Crippen LogP contribution >= 0.6 is 0 Å². The van der Waals surface area contributed by atoms with Crippen LogP contribution < -0.4 is 10.6 Å². The van der Waals surface area contributed by atoms with E-state index in [0.29, 0.717) is 12.0 Å². The summed E-state index contributed by atoms with van der Waals surface area (Å²) in [4.78, 5) is 52.9. The molecule has 1 aliphatic carbocycles. The van der Waals surface area contributed by atoms with Crippen LogP contribution in [0, 0.1) is 11.8 Å². The number of rotatable bonds is 9. The first kappa shape index (κ1) is 27.9. The van der Waals surface area contributed by atoms with Gasteiger partial charge in [0.15, 0.2) is 0 Å². The molecule has 0 aromatic heterocycles. The molecule has 0 heterocycles. The van der Waals surface area contributed by atoms with Gasteiger partial charge in [-0.3, -0.25) is 14.4 Å². The smallest absolute Gasteiger partial charge is 0.408 e. The topological polar surface area (TPSA) is 134 Å². The summed E-state index contributed by atoms with van der Waals surface area (Å²) in [5.74, 6) is -1.80. The Morgan fingerprint density at radius 3 is 2.17 bits per heavy atom. The predicted octanol–water partition coefficient (Wildman–Crippen LogP) is 2.51. The number of phenols is 1. The molecule has 3 N–H and O–H groups in total. The highest BCUT2D eigenvalue weighted by Crippen LogP contribution is 2.41. The standard InChI is InChI=1S/C25H37N3O7/c1-14(2)20(27-24(33)35-25(4,5)6)23(32)28(18-12-15(18)3)21(16-8-10-17(29)11-9-16)22(31)26-13-19(30)34-7/h8-11,14-15,18,20-21,29H,12-13H2,1-7H3,(H,26,31)(H,27,33). The van der Waals surface area contributed by atoms with Gasteiger partial charge in [0.25, 0.3) is 0 Å². The Hall–Kier alpha value is -3.30. The van der Waals surface area contributed by atoms with Gasteiger partial charge in [-0.1, -0.05) is 32.9 Å². The Kier molecular flexibility index (Phi) is 9.12. The Morgan fingerprint density at radius 2 is 1.71 bits per heavy atom. The fourth-order valence-corrected chi connectivity index (χ4v) is 3.70. The summed E-state index contributed by atoms with van der Waals surface area (Å²) in [6.07, 6.45) is -0.0494. The lowest BCUT2D eigenvalue weighted by Crippen LogP contribution is -2.56. The molecule has 10 nitrogen and oxygen atoms in total. The number of hydrogen-bond acceptors (Lipinski definition) is 7. The van der Waals surface area contributed by atoms with Gasteiger partial charge in [-0.25, -0.2) is 4.79 Å². The van der Waals surface area contributed by atoms with Crippen molar-refractivity contribution in [1.29, 1.82) is 0 Å². The van der Waals surface area contributed by atoms with Crippen LogP contribution in [0.3, 0.4) is 0 Å². The number of nitrogens with one attached hydrogen (secondary N) is 2. The molecule has 0 saturated heterocycles. The summed E-state index contributed by atoms with van der Waals surface area (Å²) in [7, 11) is 1.21. The SMILES string of the molecule is COC(=O)CNC(=O)C(c1ccc(O)cc1)N(C(=O)C(NC(=O)OC(C)(C)C)C(C)C)C1CC1C. The van der Waals surface area contributed by atoms with Crippen LogP contribution in [0.5, 0.6) is 5.75 Å². The van der Waals surface area contributed by atoms with Crippen molar-refractivity contribution in [3.8, 4) is 5.75 Å². The molecule has 35 heavy (non-hydrogen) atoms. The zero-order chi connectivity index (χ0) is 26.5. The van der Waals surface area contributed by atoms with Gasteiger partial charge in [-0.15, -0.1) is 0 Å². The van der Waals surface area contributed by atoms with Gasteiger partial charge < -0.3 is 30.1 Å². The maximum absolute atomic E-state index is 13.9. The fourth-order valence-electron chi connectivity index (χ4n) is 3.70. The summed E-state index contributed by atoms with van der Waals surface area (Å²) in [6, 6.07) is 3.66. The van der Waals surface area contributed by atoms with E-state index in [1.54, 1.807) is 46.8 Å². The van der Waals surface area contributed by atoms with E-state index in [-0.39, 0.29) is 30.2 Å². The van der Waals surface area contributed by atoms with Crippen molar-refractivity contribution in [3.05, 3.63) is 29.8 Å². The van der Waals surface area contributed by atoms with Gasteiger partial charge in [0.05, 0.1) is 7.11 Å². The predicted molar refractivity (Wildman–Crippen MR) is 128 cm³/mol. The number of amides is 3. The third-order valence-corrected chi connectivity index (χ3v) is 5.65. The minimum atomic E-state index is -1.09. The highest BCUT2D eigenvalue weighted by Gasteiger charge is 2.48. The number of phenolic OH excluding ortho intramolecular Hbond substituents is 1. The lowest BCUT2D eigenvalue weighted by atomic mass is 9.98. The lowest BCUT2D eigenvalue weighted by molar-refractivity contribution is -0.146. The highest BCUT2D eigenvalue weighted by atomic mass is 16.6. The van der Waals surface area contributed by atoms with Crippen LogP contribution in [-0.2, 0) is 23.9 Å². The lowest BCUT2D eigenvalue weighted by Gasteiger charge is -2.36. The number of ether oxygens (including phenoxy) is 2. The van der Waals surface area contributed by atoms with Crippen LogP contribution in [0.25, 0.3) is 0 Å². The van der Waals surface area contributed by atoms with Crippen molar-refractivity contribution >= 4 is 23.9 Å². The summed E-state index contributed by atoms with van der Waals surface area (Å²) < 4.78 is 9.96. The molecule has 4 atom stereocenters. The van der Waals surface area contributed by atoms with Gasteiger partial charge in [0.2, 0.25) is 11.8 Å². The largest absolute Gasteiger partial charge is 0.508 e. The number of esters is 1. The second-order valence-corrected chi connectivity index (χ2v) is 10.2. The molecule has 1 aliphatic rings. The summed E-state index contributed by atoms with van der Waals surface area (Å²) in [5, 5.41) is 14.9. The first-order chi connectivity index (χ1) is 16.2. The minimum Gasteiger partial charge on any atom is -0.508 e. The first-order valence-corrected chi connectivity index (χ1v) is 11.7. The van der Waals surface area contributed by atoms with Crippen LogP contribution in [-0.4, -0.2) is 65.2 Å². The van der Waals surface area contributed by atoms with Crippen molar-refractivity contribution in [2.24, 2.45) is 11.8 Å². The molecule has 4 unspecified atom stereocenters. The molecular weight excluding hydrogens is 454 g/mol. The molecule has 0 radical (unpaired) electrons. The number of nitrogens with zero attached hydrogens (tertiary/aromatic N) is 1. The van der Waals surface area contributed by atoms with E-state index in [2.05, 4.69) is 15.4 Å². The zero-order valence-electron chi connectivity index (χ0n) is 21.5. The second kappa shape index (κ2) is 11.4. The normalized spacial score (nSPS) is 18.7. The Morgan fingerprint density at radius 1 is 1.14 bits per heavy atom. The molecule has 10 heteroatoms. The van der Waals surface area contributed by atoms with E-state index in [4.69, 9.17) is 4.74 Å². The van der Waals surface area contributed by atoms with Crippen molar-refractivity contribution < 1.29 is 33.8 Å². The van der Waals surface area contributed by atoms with Crippen LogP contribution in [0.4, 0.5) is 4.79 Å². The third kappa shape index (κ3) is 7.87. The number of hydrogen-bond donors (Lipinski definition) is 3. The van der Waals surface area contributed by atoms with Gasteiger partial charge in [0.1, 0.15) is 30.0 Å². The van der Waals surface area contributed by atoms with Gasteiger partial charge in [0, 0.05) is 6.04 Å². The van der Waals surface area contributed by atoms with Crippen molar-refractivity contribution in [3.63, 3.8) is 0 Å². The van der Waals surface area contributed by atoms with Gasteiger partial charge >= 0.3 is 12.1 Å². The van der Waals surface area contributed by atoms with E-state index < -0.39 is 41.6 Å². The monoisotopic (exact) mass is 491 g/mol. The van der Waals surface area contributed by atoms with Crippen molar-refractivity contribution in [1.82, 2.24) is 15.5 Å². The number of carbonyl (C=O) groups is 4. The first-order valence-electron chi connectivity index (χ1n) is 11.7. The molecule has 2 rings (SSSR count).